The third kappa shape index (κ3) is 5.97. The number of rotatable bonds is 8. The predicted molar refractivity (Wildman–Crippen MR) is 105 cm³/mol. The van der Waals surface area contributed by atoms with Crippen LogP contribution < -0.4 is 10.6 Å². The first-order valence-corrected chi connectivity index (χ1v) is 10.4. The number of carbonyl (C=O) groups excluding carboxylic acids is 1. The zero-order valence-corrected chi connectivity index (χ0v) is 16.9. The van der Waals surface area contributed by atoms with Crippen LogP contribution in [0.4, 0.5) is 18.3 Å². The smallest absolute Gasteiger partial charge is 0.360 e. The maximum absolute atomic E-state index is 12.5. The molecule has 29 heavy (non-hydrogen) atoms. The number of halogens is 3. The van der Waals surface area contributed by atoms with Gasteiger partial charge in [0.2, 0.25) is 0 Å². The standard InChI is InChI=1S/C18H17F3N4O2S2/c1-11-8-12(27-25-11)9-28-14-5-3-2-4-13(14)16(26)22-6-7-23-17-24-15(10-29-17)18(19,20)21/h2-5,8,10H,6-7,9H2,1H3,(H,22,26)(H,23,24). The normalized spacial score (nSPS) is 11.4. The van der Waals surface area contributed by atoms with Gasteiger partial charge in [-0.25, -0.2) is 4.98 Å². The molecule has 0 atom stereocenters. The van der Waals surface area contributed by atoms with Crippen LogP contribution in [0.15, 0.2) is 45.1 Å². The number of aryl methyl sites for hydroxylation is 1. The summed E-state index contributed by atoms with van der Waals surface area (Å²) in [5.41, 5.74) is 0.381. The Morgan fingerprint density at radius 3 is 2.76 bits per heavy atom. The van der Waals surface area contributed by atoms with Crippen molar-refractivity contribution in [3.8, 4) is 0 Å². The van der Waals surface area contributed by atoms with Crippen LogP contribution in [0, 0.1) is 6.92 Å². The number of aromatic nitrogens is 2. The SMILES string of the molecule is Cc1cc(CSc2ccccc2C(=O)NCCNc2nc(C(F)(F)F)cs2)on1. The number of nitrogens with zero attached hydrogens (tertiary/aromatic N) is 2. The van der Waals surface area contributed by atoms with Gasteiger partial charge in [0.25, 0.3) is 5.91 Å². The van der Waals surface area contributed by atoms with E-state index in [2.05, 4.69) is 20.8 Å². The van der Waals surface area contributed by atoms with E-state index in [9.17, 15) is 18.0 Å². The summed E-state index contributed by atoms with van der Waals surface area (Å²) in [7, 11) is 0. The van der Waals surface area contributed by atoms with Crippen molar-refractivity contribution in [3.63, 3.8) is 0 Å². The molecule has 1 aromatic carbocycles. The second kappa shape index (κ2) is 9.31. The van der Waals surface area contributed by atoms with E-state index in [-0.39, 0.29) is 24.1 Å². The van der Waals surface area contributed by atoms with Gasteiger partial charge >= 0.3 is 6.18 Å². The average molecular weight is 442 g/mol. The highest BCUT2D eigenvalue weighted by Crippen LogP contribution is 2.31. The Kier molecular flexibility index (Phi) is 6.80. The van der Waals surface area contributed by atoms with Crippen LogP contribution in [-0.2, 0) is 11.9 Å². The summed E-state index contributed by atoms with van der Waals surface area (Å²) in [6.07, 6.45) is -4.46. The third-order valence-electron chi connectivity index (χ3n) is 3.66. The number of anilines is 1. The van der Waals surface area contributed by atoms with Gasteiger partial charge in [-0.2, -0.15) is 13.2 Å². The molecule has 0 saturated heterocycles. The molecule has 2 N–H and O–H groups in total. The zero-order valence-electron chi connectivity index (χ0n) is 15.2. The zero-order chi connectivity index (χ0) is 20.9. The van der Waals surface area contributed by atoms with Gasteiger partial charge in [0, 0.05) is 29.4 Å². The van der Waals surface area contributed by atoms with E-state index in [1.165, 1.54) is 11.8 Å². The van der Waals surface area contributed by atoms with Crippen LogP contribution in [0.1, 0.15) is 27.5 Å². The first kappa shape index (κ1) is 21.2. The fraction of sp³-hybridized carbons (Fsp3) is 0.278. The number of amides is 1. The minimum absolute atomic E-state index is 0.157. The monoisotopic (exact) mass is 442 g/mol. The highest BCUT2D eigenvalue weighted by Gasteiger charge is 2.33. The second-order valence-corrected chi connectivity index (χ2v) is 7.81. The van der Waals surface area contributed by atoms with Crippen LogP contribution in [0.5, 0.6) is 0 Å². The van der Waals surface area contributed by atoms with E-state index >= 15 is 0 Å². The van der Waals surface area contributed by atoms with Crippen molar-refractivity contribution < 1.29 is 22.5 Å². The molecule has 3 rings (SSSR count). The molecule has 0 saturated carbocycles. The minimum atomic E-state index is -4.46. The van der Waals surface area contributed by atoms with Gasteiger partial charge in [0.05, 0.1) is 17.0 Å². The molecule has 0 spiro atoms. The molecule has 3 aromatic rings. The van der Waals surface area contributed by atoms with Gasteiger partial charge in [-0.05, 0) is 19.1 Å². The van der Waals surface area contributed by atoms with Crippen LogP contribution in [0.2, 0.25) is 0 Å². The number of thioether (sulfide) groups is 1. The Hall–Kier alpha value is -2.53. The van der Waals surface area contributed by atoms with Crippen molar-refractivity contribution >= 4 is 34.1 Å². The highest BCUT2D eigenvalue weighted by atomic mass is 32.2. The van der Waals surface area contributed by atoms with Crippen molar-refractivity contribution in [2.75, 3.05) is 18.4 Å². The number of alkyl halides is 3. The molecular formula is C18H17F3N4O2S2. The lowest BCUT2D eigenvalue weighted by atomic mass is 10.2. The number of hydrogen-bond donors (Lipinski definition) is 2. The molecule has 0 fully saturated rings. The lowest BCUT2D eigenvalue weighted by molar-refractivity contribution is -0.140. The van der Waals surface area contributed by atoms with Gasteiger partial charge in [-0.3, -0.25) is 4.79 Å². The van der Waals surface area contributed by atoms with E-state index < -0.39 is 11.9 Å². The van der Waals surface area contributed by atoms with E-state index in [0.29, 0.717) is 17.1 Å². The third-order valence-corrected chi connectivity index (χ3v) is 5.56. The summed E-state index contributed by atoms with van der Waals surface area (Å²) in [4.78, 5) is 16.7. The number of carbonyl (C=O) groups is 1. The van der Waals surface area contributed by atoms with Gasteiger partial charge in [0.1, 0.15) is 5.76 Å². The molecule has 0 radical (unpaired) electrons. The van der Waals surface area contributed by atoms with E-state index in [0.717, 1.165) is 27.3 Å². The lowest BCUT2D eigenvalue weighted by Crippen LogP contribution is -2.29. The number of nitrogens with one attached hydrogen (secondary N) is 2. The molecule has 2 aromatic heterocycles. The summed E-state index contributed by atoms with van der Waals surface area (Å²) in [6, 6.07) is 9.00. The number of thiazole rings is 1. The fourth-order valence-electron chi connectivity index (χ4n) is 2.34. The lowest BCUT2D eigenvalue weighted by Gasteiger charge is -2.09. The topological polar surface area (TPSA) is 80.0 Å². The van der Waals surface area contributed by atoms with Crippen molar-refractivity contribution in [2.45, 2.75) is 23.7 Å². The highest BCUT2D eigenvalue weighted by molar-refractivity contribution is 7.98. The van der Waals surface area contributed by atoms with Gasteiger partial charge in [0.15, 0.2) is 10.8 Å². The molecule has 2 heterocycles. The van der Waals surface area contributed by atoms with Crippen LogP contribution in [0.3, 0.4) is 0 Å². The Balaban J connectivity index is 1.50. The number of hydrogen-bond acceptors (Lipinski definition) is 7. The van der Waals surface area contributed by atoms with Crippen LogP contribution >= 0.6 is 23.1 Å². The van der Waals surface area contributed by atoms with Gasteiger partial charge in [-0.15, -0.1) is 23.1 Å². The Labute approximate surface area is 172 Å². The molecule has 0 unspecified atom stereocenters. The van der Waals surface area contributed by atoms with Crippen molar-refractivity contribution in [1.82, 2.24) is 15.5 Å². The second-order valence-electron chi connectivity index (χ2n) is 5.94. The van der Waals surface area contributed by atoms with E-state index in [4.69, 9.17) is 4.52 Å². The summed E-state index contributed by atoms with van der Waals surface area (Å²) in [5.74, 6) is 0.991. The molecule has 0 aliphatic heterocycles. The van der Waals surface area contributed by atoms with Crippen LogP contribution in [-0.4, -0.2) is 29.1 Å². The molecule has 0 aliphatic carbocycles. The summed E-state index contributed by atoms with van der Waals surface area (Å²) in [5, 5.41) is 10.5. The van der Waals surface area contributed by atoms with Gasteiger partial charge < -0.3 is 15.2 Å². The molecule has 1 amide bonds. The maximum atomic E-state index is 12.5. The predicted octanol–water partition coefficient (Wildman–Crippen LogP) is 4.59. The minimum Gasteiger partial charge on any atom is -0.360 e. The maximum Gasteiger partial charge on any atom is 0.434 e. The quantitative estimate of drug-likeness (QED) is 0.392. The molecule has 0 bridgehead atoms. The molecule has 11 heteroatoms. The number of benzene rings is 1. The summed E-state index contributed by atoms with van der Waals surface area (Å²) in [6.45, 7) is 2.33. The molecule has 6 nitrogen and oxygen atoms in total. The van der Waals surface area contributed by atoms with Crippen molar-refractivity contribution in [2.24, 2.45) is 0 Å². The first-order chi connectivity index (χ1) is 13.8. The van der Waals surface area contributed by atoms with E-state index in [1.807, 2.05) is 25.1 Å². The Bertz CT molecular complexity index is 972. The molecule has 0 aliphatic rings. The summed E-state index contributed by atoms with van der Waals surface area (Å²) >= 11 is 2.33. The van der Waals surface area contributed by atoms with Crippen molar-refractivity contribution in [1.29, 1.82) is 0 Å². The van der Waals surface area contributed by atoms with E-state index in [1.54, 1.807) is 12.1 Å². The molecular weight excluding hydrogens is 425 g/mol. The van der Waals surface area contributed by atoms with Gasteiger partial charge in [-0.1, -0.05) is 17.3 Å². The first-order valence-electron chi connectivity index (χ1n) is 8.52. The fourth-order valence-corrected chi connectivity index (χ4v) is 4.01. The Morgan fingerprint density at radius 1 is 1.28 bits per heavy atom. The van der Waals surface area contributed by atoms with Crippen molar-refractivity contribution in [3.05, 3.63) is 58.4 Å². The largest absolute Gasteiger partial charge is 0.434 e. The Morgan fingerprint density at radius 2 is 2.07 bits per heavy atom. The summed E-state index contributed by atoms with van der Waals surface area (Å²) < 4.78 is 42.8. The van der Waals surface area contributed by atoms with Crippen LogP contribution in [0.25, 0.3) is 0 Å². The molecule has 154 valence electrons. The average Bonchev–Trinajstić information content (AvgIpc) is 3.32.